The summed E-state index contributed by atoms with van der Waals surface area (Å²) in [7, 11) is 0. The van der Waals surface area contributed by atoms with Gasteiger partial charge in [0.2, 0.25) is 5.91 Å². The number of aliphatic carboxylic acids is 1. The summed E-state index contributed by atoms with van der Waals surface area (Å²) in [5.41, 5.74) is 12.0. The lowest BCUT2D eigenvalue weighted by atomic mass is 10.1. The van der Waals surface area contributed by atoms with Crippen LogP contribution in [0.3, 0.4) is 0 Å². The summed E-state index contributed by atoms with van der Waals surface area (Å²) in [6, 6.07) is 16.7. The van der Waals surface area contributed by atoms with Crippen molar-refractivity contribution in [1.29, 1.82) is 0 Å². The van der Waals surface area contributed by atoms with E-state index in [-0.39, 0.29) is 39.1 Å². The number of nitrogens with zero attached hydrogens (tertiary/aromatic N) is 4. The SMILES string of the molecule is CC(C)(C)OC(=O)N[C@@H](Cc1ccccc1)C(=O)O.Cl.N[C@@H](Cc1ccccc1)C(=O)Nc1ncc([N+](=O)[O-])s1.Nc1ncc([N+](=O)[O-])s1. The molecule has 20 heteroatoms. The third-order valence-corrected chi connectivity index (χ3v) is 7.14. The van der Waals surface area contributed by atoms with E-state index in [1.54, 1.807) is 20.8 Å². The quantitative estimate of drug-likeness (QED) is 0.108. The largest absolute Gasteiger partial charge is 0.480 e. The highest BCUT2D eigenvalue weighted by Gasteiger charge is 2.24. The number of nitro groups is 2. The van der Waals surface area contributed by atoms with E-state index in [0.717, 1.165) is 46.2 Å². The highest BCUT2D eigenvalue weighted by Crippen LogP contribution is 2.25. The van der Waals surface area contributed by atoms with Crippen molar-refractivity contribution in [3.05, 3.63) is 104 Å². The van der Waals surface area contributed by atoms with Crippen LogP contribution in [0.5, 0.6) is 0 Å². The van der Waals surface area contributed by atoms with Crippen LogP contribution in [0, 0.1) is 20.2 Å². The summed E-state index contributed by atoms with van der Waals surface area (Å²) in [4.78, 5) is 61.2. The van der Waals surface area contributed by atoms with Crippen LogP contribution in [0.15, 0.2) is 73.1 Å². The maximum Gasteiger partial charge on any atom is 0.408 e. The Balaban J connectivity index is 0.000000388. The normalized spacial score (nSPS) is 11.4. The number of benzene rings is 2. The van der Waals surface area contributed by atoms with E-state index in [0.29, 0.717) is 6.42 Å². The molecule has 0 aliphatic rings. The van der Waals surface area contributed by atoms with Crippen LogP contribution in [0.4, 0.5) is 25.1 Å². The molecule has 0 saturated heterocycles. The summed E-state index contributed by atoms with van der Waals surface area (Å²) < 4.78 is 5.04. The lowest BCUT2D eigenvalue weighted by molar-refractivity contribution is -0.380. The zero-order valence-electron chi connectivity index (χ0n) is 26.4. The van der Waals surface area contributed by atoms with E-state index in [9.17, 15) is 34.6 Å². The highest BCUT2D eigenvalue weighted by atomic mass is 35.5. The average molecular weight is 739 g/mol. The van der Waals surface area contributed by atoms with Gasteiger partial charge in [-0.2, -0.15) is 0 Å². The van der Waals surface area contributed by atoms with Crippen molar-refractivity contribution >= 4 is 73.3 Å². The lowest BCUT2D eigenvalue weighted by Crippen LogP contribution is -2.44. The summed E-state index contributed by atoms with van der Waals surface area (Å²) in [5.74, 6) is -1.51. The molecule has 17 nitrogen and oxygen atoms in total. The fourth-order valence-corrected chi connectivity index (χ4v) is 4.56. The second kappa shape index (κ2) is 20.2. The number of anilines is 2. The molecule has 0 unspecified atom stereocenters. The molecule has 0 bridgehead atoms. The number of carbonyl (C=O) groups excluding carboxylic acids is 2. The number of ether oxygens (including phenoxy) is 1. The molecule has 0 saturated carbocycles. The van der Waals surface area contributed by atoms with Crippen LogP contribution >= 0.6 is 35.1 Å². The zero-order chi connectivity index (χ0) is 35.9. The van der Waals surface area contributed by atoms with Crippen molar-refractivity contribution in [2.24, 2.45) is 5.73 Å². The Labute approximate surface area is 294 Å². The van der Waals surface area contributed by atoms with E-state index in [1.807, 2.05) is 60.7 Å². The molecule has 2 heterocycles. The average Bonchev–Trinajstić information content (AvgIpc) is 3.67. The van der Waals surface area contributed by atoms with Crippen LogP contribution < -0.4 is 22.1 Å². The predicted molar refractivity (Wildman–Crippen MR) is 187 cm³/mol. The Hall–Kier alpha value is -5.24. The molecule has 264 valence electrons. The number of nitrogens with two attached hydrogens (primary N) is 2. The van der Waals surface area contributed by atoms with E-state index in [2.05, 4.69) is 20.6 Å². The van der Waals surface area contributed by atoms with Gasteiger partial charge in [-0.05, 0) is 61.0 Å². The number of nitrogen functional groups attached to an aromatic ring is 1. The first kappa shape index (κ1) is 41.8. The maximum absolute atomic E-state index is 11.9. The van der Waals surface area contributed by atoms with Gasteiger partial charge in [-0.25, -0.2) is 19.6 Å². The van der Waals surface area contributed by atoms with Gasteiger partial charge in [0.1, 0.15) is 24.0 Å². The molecule has 2 amide bonds. The number of alkyl carbamates (subject to hydrolysis) is 1. The number of aromatic nitrogens is 2. The Bertz CT molecular complexity index is 1670. The number of carboxylic acid groups (broad SMARTS) is 1. The van der Waals surface area contributed by atoms with Gasteiger partial charge in [-0.1, -0.05) is 60.7 Å². The Kier molecular flexibility index (Phi) is 17.2. The minimum Gasteiger partial charge on any atom is -0.480 e. The van der Waals surface area contributed by atoms with Gasteiger partial charge < -0.3 is 31.9 Å². The fraction of sp³-hybridized carbons (Fsp3) is 0.276. The standard InChI is InChI=1S/C14H19NO4.C12H12N4O3S.C3H3N3O2S.ClH/c1-14(2,3)19-13(18)15-11(12(16)17)9-10-7-5-4-6-8-10;13-9(6-8-4-2-1-3-5-8)11(17)15-12-14-7-10(20-12)16(18)19;4-3-5-1-2(9-3)6(7)8;/h4-8,11H,9H2,1-3H3,(H,15,18)(H,16,17);1-5,7,9H,6,13H2,(H,14,15,17);1H,(H2,4,5);1H/t11-;9-;;/m00../s1. The topological polar surface area (TPSA) is 269 Å². The first-order valence-electron chi connectivity index (χ1n) is 13.9. The van der Waals surface area contributed by atoms with Crippen LogP contribution in [0.1, 0.15) is 31.9 Å². The van der Waals surface area contributed by atoms with Gasteiger partial charge in [0.05, 0.1) is 15.9 Å². The maximum atomic E-state index is 11.9. The number of carboxylic acids is 1. The minimum absolute atomic E-state index is 0. The fourth-order valence-electron chi connectivity index (χ4n) is 3.43. The van der Waals surface area contributed by atoms with Crippen LogP contribution in [-0.4, -0.2) is 60.6 Å². The van der Waals surface area contributed by atoms with E-state index >= 15 is 0 Å². The van der Waals surface area contributed by atoms with Gasteiger partial charge >= 0.3 is 22.1 Å². The molecular weight excluding hydrogens is 704 g/mol. The van der Waals surface area contributed by atoms with Gasteiger partial charge in [0.25, 0.3) is 0 Å². The van der Waals surface area contributed by atoms with Crippen molar-refractivity contribution in [1.82, 2.24) is 15.3 Å². The first-order valence-corrected chi connectivity index (χ1v) is 15.5. The smallest absolute Gasteiger partial charge is 0.408 e. The van der Waals surface area contributed by atoms with Gasteiger partial charge in [-0.3, -0.25) is 25.0 Å². The molecule has 4 aromatic rings. The molecule has 0 aliphatic heterocycles. The molecule has 2 aromatic carbocycles. The number of carbonyl (C=O) groups is 3. The first-order chi connectivity index (χ1) is 22.5. The number of amides is 2. The number of hydrogen-bond donors (Lipinski definition) is 5. The molecule has 0 fully saturated rings. The van der Waals surface area contributed by atoms with Crippen molar-refractivity contribution in [3.63, 3.8) is 0 Å². The summed E-state index contributed by atoms with van der Waals surface area (Å²) in [6.45, 7) is 5.17. The Morgan fingerprint density at radius 1 is 0.898 bits per heavy atom. The second-order valence-electron chi connectivity index (χ2n) is 10.6. The number of rotatable bonds is 10. The third-order valence-electron chi connectivity index (χ3n) is 5.50. The monoisotopic (exact) mass is 738 g/mol. The molecule has 2 atom stereocenters. The van der Waals surface area contributed by atoms with Crippen molar-refractivity contribution in [2.75, 3.05) is 11.1 Å². The minimum atomic E-state index is -1.09. The summed E-state index contributed by atoms with van der Waals surface area (Å²) in [6.07, 6.45) is 2.12. The molecule has 4 rings (SSSR count). The second-order valence-corrected chi connectivity index (χ2v) is 12.6. The van der Waals surface area contributed by atoms with Gasteiger partial charge in [-0.15, -0.1) is 12.4 Å². The Morgan fingerprint density at radius 2 is 1.39 bits per heavy atom. The number of hydrogen-bond acceptors (Lipinski definition) is 14. The van der Waals surface area contributed by atoms with E-state index < -0.39 is 45.5 Å². The number of nitrogens with one attached hydrogen (secondary N) is 2. The Morgan fingerprint density at radius 3 is 1.80 bits per heavy atom. The van der Waals surface area contributed by atoms with Crippen LogP contribution in [-0.2, 0) is 27.2 Å². The zero-order valence-corrected chi connectivity index (χ0v) is 28.8. The predicted octanol–water partition coefficient (Wildman–Crippen LogP) is 4.82. The number of halogens is 1. The van der Waals surface area contributed by atoms with E-state index in [1.165, 1.54) is 0 Å². The van der Waals surface area contributed by atoms with Crippen molar-refractivity contribution < 1.29 is 34.1 Å². The highest BCUT2D eigenvalue weighted by molar-refractivity contribution is 7.19. The van der Waals surface area contributed by atoms with Crippen molar-refractivity contribution in [2.45, 2.75) is 51.3 Å². The molecular formula is C29H35ClN8O9S2. The molecule has 49 heavy (non-hydrogen) atoms. The third kappa shape index (κ3) is 16.4. The molecule has 0 radical (unpaired) electrons. The number of thiazole rings is 2. The van der Waals surface area contributed by atoms with E-state index in [4.69, 9.17) is 21.3 Å². The van der Waals surface area contributed by atoms with Crippen LogP contribution in [0.25, 0.3) is 0 Å². The molecule has 7 N–H and O–H groups in total. The lowest BCUT2D eigenvalue weighted by Gasteiger charge is -2.22. The summed E-state index contributed by atoms with van der Waals surface area (Å²) in [5, 5.41) is 34.6. The molecule has 0 aliphatic carbocycles. The molecule has 0 spiro atoms. The molecule has 2 aromatic heterocycles. The van der Waals surface area contributed by atoms with Crippen molar-refractivity contribution in [3.8, 4) is 0 Å². The van der Waals surface area contributed by atoms with Gasteiger partial charge in [0.15, 0.2) is 10.3 Å². The van der Waals surface area contributed by atoms with Gasteiger partial charge in [0, 0.05) is 6.42 Å². The summed E-state index contributed by atoms with van der Waals surface area (Å²) >= 11 is 1.66. The van der Waals surface area contributed by atoms with Crippen LogP contribution in [0.2, 0.25) is 0 Å².